The minimum atomic E-state index is 0.378. The van der Waals surface area contributed by atoms with Gasteiger partial charge in [-0.25, -0.2) is 0 Å². The number of nitrogen functional groups attached to an aromatic ring is 1. The molecule has 2 aromatic heterocycles. The fourth-order valence-electron chi connectivity index (χ4n) is 1.72. The summed E-state index contributed by atoms with van der Waals surface area (Å²) < 4.78 is 5.14. The molecule has 0 saturated heterocycles. The van der Waals surface area contributed by atoms with Gasteiger partial charge in [-0.15, -0.1) is 0 Å². The summed E-state index contributed by atoms with van der Waals surface area (Å²) in [5.41, 5.74) is 7.33. The Morgan fingerprint density at radius 1 is 1.12 bits per heavy atom. The highest BCUT2D eigenvalue weighted by atomic mass is 16.5. The van der Waals surface area contributed by atoms with Gasteiger partial charge in [-0.2, -0.15) is 0 Å². The van der Waals surface area contributed by atoms with E-state index in [1.54, 1.807) is 12.3 Å². The van der Waals surface area contributed by atoms with Crippen LogP contribution in [0.2, 0.25) is 0 Å². The van der Waals surface area contributed by atoms with Gasteiger partial charge in [0.05, 0.1) is 5.52 Å². The number of nitrogens with two attached hydrogens (primary N) is 1. The zero-order valence-electron chi connectivity index (χ0n) is 8.42. The summed E-state index contributed by atoms with van der Waals surface area (Å²) in [6.45, 7) is 0. The first-order valence-corrected chi connectivity index (χ1v) is 4.91. The van der Waals surface area contributed by atoms with Crippen LogP contribution < -0.4 is 5.73 Å². The molecule has 0 aliphatic heterocycles. The van der Waals surface area contributed by atoms with Gasteiger partial charge in [0.1, 0.15) is 0 Å². The Balaban J connectivity index is 2.31. The Bertz CT molecular complexity index is 640. The molecular weight excluding hydrogens is 202 g/mol. The molecule has 3 aromatic rings. The number of pyridine rings is 1. The average molecular weight is 211 g/mol. The van der Waals surface area contributed by atoms with Crippen LogP contribution >= 0.6 is 0 Å². The van der Waals surface area contributed by atoms with Crippen molar-refractivity contribution < 1.29 is 4.52 Å². The van der Waals surface area contributed by atoms with E-state index in [0.29, 0.717) is 11.6 Å². The lowest BCUT2D eigenvalue weighted by molar-refractivity contribution is 0.436. The van der Waals surface area contributed by atoms with Crippen LogP contribution in [0.25, 0.3) is 22.2 Å². The van der Waals surface area contributed by atoms with Crippen molar-refractivity contribution in [2.24, 2.45) is 0 Å². The van der Waals surface area contributed by atoms with Crippen LogP contribution in [0.1, 0.15) is 0 Å². The number of hydrogen-bond acceptors (Lipinski definition) is 4. The maximum Gasteiger partial charge on any atom is 0.171 e. The maximum absolute atomic E-state index is 5.53. The number of anilines is 1. The molecule has 0 amide bonds. The van der Waals surface area contributed by atoms with E-state index in [1.807, 2.05) is 30.3 Å². The maximum atomic E-state index is 5.53. The molecule has 0 atom stereocenters. The lowest BCUT2D eigenvalue weighted by Gasteiger charge is -2.00. The van der Waals surface area contributed by atoms with Crippen molar-refractivity contribution in [1.82, 2.24) is 10.1 Å². The highest BCUT2D eigenvalue weighted by Crippen LogP contribution is 2.27. The SMILES string of the molecule is Nc1cc(-c2cccc3cccnc23)on1. The molecular formula is C12H9N3O. The molecule has 1 aromatic carbocycles. The summed E-state index contributed by atoms with van der Waals surface area (Å²) in [7, 11) is 0. The van der Waals surface area contributed by atoms with Crippen molar-refractivity contribution in [3.05, 3.63) is 42.6 Å². The molecule has 2 heterocycles. The average Bonchev–Trinajstić information content (AvgIpc) is 2.75. The van der Waals surface area contributed by atoms with E-state index in [9.17, 15) is 0 Å². The minimum absolute atomic E-state index is 0.378. The van der Waals surface area contributed by atoms with E-state index in [4.69, 9.17) is 10.3 Å². The Morgan fingerprint density at radius 2 is 2.00 bits per heavy atom. The smallest absolute Gasteiger partial charge is 0.171 e. The summed E-state index contributed by atoms with van der Waals surface area (Å²) in [6, 6.07) is 11.5. The van der Waals surface area contributed by atoms with Crippen LogP contribution in [0, 0.1) is 0 Å². The lowest BCUT2D eigenvalue weighted by Crippen LogP contribution is -1.82. The van der Waals surface area contributed by atoms with Gasteiger partial charge in [-0.05, 0) is 12.1 Å². The molecule has 0 spiro atoms. The van der Waals surface area contributed by atoms with Crippen LogP contribution in [-0.2, 0) is 0 Å². The molecule has 3 rings (SSSR count). The van der Waals surface area contributed by atoms with E-state index in [0.717, 1.165) is 16.5 Å². The number of rotatable bonds is 1. The third kappa shape index (κ3) is 1.32. The van der Waals surface area contributed by atoms with E-state index in [2.05, 4.69) is 10.1 Å². The normalized spacial score (nSPS) is 10.8. The highest BCUT2D eigenvalue weighted by Gasteiger charge is 2.08. The predicted molar refractivity (Wildman–Crippen MR) is 61.7 cm³/mol. The molecule has 2 N–H and O–H groups in total. The third-order valence-corrected chi connectivity index (χ3v) is 2.43. The van der Waals surface area contributed by atoms with Crippen molar-refractivity contribution in [3.8, 4) is 11.3 Å². The van der Waals surface area contributed by atoms with Gasteiger partial charge < -0.3 is 10.3 Å². The topological polar surface area (TPSA) is 64.9 Å². The molecule has 0 aliphatic rings. The van der Waals surface area contributed by atoms with Crippen LogP contribution in [0.4, 0.5) is 5.82 Å². The number of nitrogens with zero attached hydrogens (tertiary/aromatic N) is 2. The third-order valence-electron chi connectivity index (χ3n) is 2.43. The van der Waals surface area contributed by atoms with Gasteiger partial charge in [0.15, 0.2) is 11.6 Å². The Labute approximate surface area is 91.7 Å². The van der Waals surface area contributed by atoms with E-state index in [1.165, 1.54) is 0 Å². The van der Waals surface area contributed by atoms with Crippen molar-refractivity contribution in [2.75, 3.05) is 5.73 Å². The quantitative estimate of drug-likeness (QED) is 0.671. The van der Waals surface area contributed by atoms with Crippen LogP contribution in [0.15, 0.2) is 47.1 Å². The molecule has 0 fully saturated rings. The minimum Gasteiger partial charge on any atom is -0.381 e. The molecule has 4 nitrogen and oxygen atoms in total. The summed E-state index contributed by atoms with van der Waals surface area (Å²) in [4.78, 5) is 4.34. The standard InChI is InChI=1S/C12H9N3O/c13-11-7-10(16-15-11)9-5-1-3-8-4-2-6-14-12(8)9/h1-7H,(H2,13,15). The molecule has 78 valence electrons. The monoisotopic (exact) mass is 211 g/mol. The first kappa shape index (κ1) is 8.91. The molecule has 0 unspecified atom stereocenters. The second kappa shape index (κ2) is 3.34. The van der Waals surface area contributed by atoms with Gasteiger partial charge in [0.25, 0.3) is 0 Å². The lowest BCUT2D eigenvalue weighted by atomic mass is 10.1. The van der Waals surface area contributed by atoms with Crippen LogP contribution in [-0.4, -0.2) is 10.1 Å². The largest absolute Gasteiger partial charge is 0.381 e. The number of hydrogen-bond donors (Lipinski definition) is 1. The van der Waals surface area contributed by atoms with Gasteiger partial charge in [0.2, 0.25) is 0 Å². The summed E-state index contributed by atoms with van der Waals surface area (Å²) in [6.07, 6.45) is 1.76. The molecule has 0 saturated carbocycles. The Hall–Kier alpha value is -2.36. The number of fused-ring (bicyclic) bond motifs is 1. The molecule has 16 heavy (non-hydrogen) atoms. The van der Waals surface area contributed by atoms with Crippen molar-refractivity contribution in [2.45, 2.75) is 0 Å². The predicted octanol–water partition coefficient (Wildman–Crippen LogP) is 2.47. The van der Waals surface area contributed by atoms with Gasteiger partial charge >= 0.3 is 0 Å². The first-order chi connectivity index (χ1) is 7.84. The van der Waals surface area contributed by atoms with E-state index < -0.39 is 0 Å². The van der Waals surface area contributed by atoms with Crippen molar-refractivity contribution in [1.29, 1.82) is 0 Å². The van der Waals surface area contributed by atoms with Crippen molar-refractivity contribution >= 4 is 16.7 Å². The molecule has 4 heteroatoms. The zero-order valence-corrected chi connectivity index (χ0v) is 8.42. The fourth-order valence-corrected chi connectivity index (χ4v) is 1.72. The van der Waals surface area contributed by atoms with E-state index >= 15 is 0 Å². The second-order valence-electron chi connectivity index (χ2n) is 3.50. The van der Waals surface area contributed by atoms with Gasteiger partial charge in [-0.1, -0.05) is 23.4 Å². The summed E-state index contributed by atoms with van der Waals surface area (Å²) in [5.74, 6) is 1.02. The number of para-hydroxylation sites is 1. The molecule has 0 aliphatic carbocycles. The Morgan fingerprint density at radius 3 is 2.81 bits per heavy atom. The van der Waals surface area contributed by atoms with Gasteiger partial charge in [0, 0.05) is 23.2 Å². The van der Waals surface area contributed by atoms with Crippen LogP contribution in [0.3, 0.4) is 0 Å². The second-order valence-corrected chi connectivity index (χ2v) is 3.50. The highest BCUT2D eigenvalue weighted by molar-refractivity contribution is 5.92. The fraction of sp³-hybridized carbons (Fsp3) is 0. The number of aromatic nitrogens is 2. The Kier molecular flexibility index (Phi) is 1.86. The number of benzene rings is 1. The molecule has 0 bridgehead atoms. The molecule has 0 radical (unpaired) electrons. The summed E-state index contributed by atoms with van der Waals surface area (Å²) in [5, 5.41) is 4.74. The zero-order chi connectivity index (χ0) is 11.0. The summed E-state index contributed by atoms with van der Waals surface area (Å²) >= 11 is 0. The van der Waals surface area contributed by atoms with E-state index in [-0.39, 0.29) is 0 Å². The van der Waals surface area contributed by atoms with Crippen molar-refractivity contribution in [3.63, 3.8) is 0 Å². The first-order valence-electron chi connectivity index (χ1n) is 4.91. The van der Waals surface area contributed by atoms with Crippen LogP contribution in [0.5, 0.6) is 0 Å². The van der Waals surface area contributed by atoms with Gasteiger partial charge in [-0.3, -0.25) is 4.98 Å².